The standard InChI is InChI=1S/C29H30FN5O/c1-20(16-36)34-18-29(19-34)8-10-32(17-29)25-6-7-26-23(12-25)15-33-14-22(21-2-4-24(30)5-3-21)13-27(33)28-31-9-11-35(26)28/h2-7,9,11-14,20,36H,8,10,15-19H2,1H3/t20-/m1/s1. The van der Waals surface area contributed by atoms with Crippen molar-refractivity contribution in [2.75, 3.05) is 37.7 Å². The van der Waals surface area contributed by atoms with Crippen molar-refractivity contribution >= 4 is 5.69 Å². The molecule has 3 aliphatic heterocycles. The number of halogens is 1. The zero-order valence-electron chi connectivity index (χ0n) is 20.4. The van der Waals surface area contributed by atoms with Crippen molar-refractivity contribution in [2.45, 2.75) is 25.9 Å². The maximum atomic E-state index is 13.5. The molecule has 2 saturated heterocycles. The van der Waals surface area contributed by atoms with E-state index in [0.717, 1.165) is 55.4 Å². The van der Waals surface area contributed by atoms with Gasteiger partial charge in [-0.15, -0.1) is 0 Å². The molecule has 2 fully saturated rings. The highest BCUT2D eigenvalue weighted by Gasteiger charge is 2.48. The Bertz CT molecular complexity index is 1430. The molecule has 7 rings (SSSR count). The Morgan fingerprint density at radius 3 is 2.69 bits per heavy atom. The van der Waals surface area contributed by atoms with E-state index in [9.17, 15) is 9.50 Å². The van der Waals surface area contributed by atoms with E-state index in [1.165, 1.54) is 35.5 Å². The van der Waals surface area contributed by atoms with Crippen molar-refractivity contribution in [2.24, 2.45) is 5.41 Å². The number of hydrogen-bond acceptors (Lipinski definition) is 4. The first-order valence-electron chi connectivity index (χ1n) is 12.7. The summed E-state index contributed by atoms with van der Waals surface area (Å²) in [4.78, 5) is 9.62. The van der Waals surface area contributed by atoms with E-state index in [4.69, 9.17) is 4.98 Å². The number of imidazole rings is 1. The average molecular weight is 484 g/mol. The first kappa shape index (κ1) is 21.8. The number of benzene rings is 2. The van der Waals surface area contributed by atoms with Gasteiger partial charge in [0.25, 0.3) is 0 Å². The van der Waals surface area contributed by atoms with E-state index in [0.29, 0.717) is 5.41 Å². The Kier molecular flexibility index (Phi) is 4.88. The van der Waals surface area contributed by atoms with Crippen LogP contribution in [-0.4, -0.2) is 63.0 Å². The van der Waals surface area contributed by atoms with E-state index in [2.05, 4.69) is 56.3 Å². The van der Waals surface area contributed by atoms with Gasteiger partial charge in [0.1, 0.15) is 5.82 Å². The molecule has 1 atom stereocenters. The average Bonchev–Trinajstić information content (AvgIpc) is 3.60. The van der Waals surface area contributed by atoms with Crippen LogP contribution in [0.5, 0.6) is 0 Å². The maximum absolute atomic E-state index is 13.5. The van der Waals surface area contributed by atoms with Crippen molar-refractivity contribution in [3.05, 3.63) is 78.5 Å². The van der Waals surface area contributed by atoms with E-state index < -0.39 is 0 Å². The number of aliphatic hydroxyl groups is 1. The molecule has 7 heteroatoms. The summed E-state index contributed by atoms with van der Waals surface area (Å²) in [5.74, 6) is 0.695. The predicted octanol–water partition coefficient (Wildman–Crippen LogP) is 4.40. The van der Waals surface area contributed by atoms with Crippen LogP contribution in [0.1, 0.15) is 18.9 Å². The smallest absolute Gasteiger partial charge is 0.161 e. The monoisotopic (exact) mass is 483 g/mol. The first-order chi connectivity index (χ1) is 17.5. The molecule has 0 radical (unpaired) electrons. The first-order valence-corrected chi connectivity index (χ1v) is 12.7. The van der Waals surface area contributed by atoms with Gasteiger partial charge in [-0.25, -0.2) is 9.37 Å². The fourth-order valence-electron chi connectivity index (χ4n) is 6.29. The van der Waals surface area contributed by atoms with Crippen LogP contribution in [0.4, 0.5) is 10.1 Å². The lowest BCUT2D eigenvalue weighted by molar-refractivity contribution is -0.0268. The van der Waals surface area contributed by atoms with Crippen LogP contribution in [0.3, 0.4) is 0 Å². The molecular weight excluding hydrogens is 453 g/mol. The number of nitrogens with zero attached hydrogens (tertiary/aromatic N) is 5. The number of hydrogen-bond donors (Lipinski definition) is 1. The van der Waals surface area contributed by atoms with E-state index in [-0.39, 0.29) is 18.5 Å². The van der Waals surface area contributed by atoms with Crippen LogP contribution in [0.2, 0.25) is 0 Å². The van der Waals surface area contributed by atoms with Crippen LogP contribution in [-0.2, 0) is 6.54 Å². The molecule has 4 aromatic rings. The quantitative estimate of drug-likeness (QED) is 0.412. The summed E-state index contributed by atoms with van der Waals surface area (Å²) in [5.41, 5.74) is 7.17. The number of rotatable bonds is 4. The minimum absolute atomic E-state index is 0.224. The molecule has 6 nitrogen and oxygen atoms in total. The molecule has 2 aromatic heterocycles. The second-order valence-electron chi connectivity index (χ2n) is 10.8. The fourth-order valence-corrected chi connectivity index (χ4v) is 6.29. The molecule has 1 spiro atoms. The van der Waals surface area contributed by atoms with Crippen LogP contribution in [0, 0.1) is 11.2 Å². The molecule has 3 aliphatic rings. The van der Waals surface area contributed by atoms with Gasteiger partial charge in [0.05, 0.1) is 18.0 Å². The van der Waals surface area contributed by atoms with Gasteiger partial charge >= 0.3 is 0 Å². The highest BCUT2D eigenvalue weighted by molar-refractivity contribution is 5.72. The van der Waals surface area contributed by atoms with Crippen LogP contribution in [0.25, 0.3) is 28.3 Å². The highest BCUT2D eigenvalue weighted by Crippen LogP contribution is 2.43. The van der Waals surface area contributed by atoms with Gasteiger partial charge in [0, 0.05) is 74.0 Å². The van der Waals surface area contributed by atoms with Crippen LogP contribution < -0.4 is 4.90 Å². The maximum Gasteiger partial charge on any atom is 0.161 e. The lowest BCUT2D eigenvalue weighted by Gasteiger charge is -2.50. The van der Waals surface area contributed by atoms with E-state index in [1.807, 2.05) is 24.5 Å². The normalized spacial score (nSPS) is 18.9. The van der Waals surface area contributed by atoms with Crippen LogP contribution in [0.15, 0.2) is 67.1 Å². The SMILES string of the molecule is C[C@H](CO)N1CC2(CCN(c3ccc4c(c3)Cn3cc(-c5ccc(F)cc5)cc3-c3nccn3-4)C2)C1. The fraction of sp³-hybridized carbons (Fsp3) is 0.345. The van der Waals surface area contributed by atoms with Crippen molar-refractivity contribution < 1.29 is 9.50 Å². The molecule has 2 aromatic carbocycles. The third kappa shape index (κ3) is 3.41. The molecule has 184 valence electrons. The summed E-state index contributed by atoms with van der Waals surface area (Å²) in [7, 11) is 0. The van der Waals surface area contributed by atoms with Crippen molar-refractivity contribution in [1.29, 1.82) is 0 Å². The molecular formula is C29H30FN5O. The lowest BCUT2D eigenvalue weighted by atomic mass is 9.78. The highest BCUT2D eigenvalue weighted by atomic mass is 19.1. The molecule has 0 aliphatic carbocycles. The van der Waals surface area contributed by atoms with Gasteiger partial charge in [-0.05, 0) is 60.9 Å². The Morgan fingerprint density at radius 1 is 1.06 bits per heavy atom. The summed E-state index contributed by atoms with van der Waals surface area (Å²) < 4.78 is 17.9. The van der Waals surface area contributed by atoms with Gasteiger partial charge in [0.2, 0.25) is 0 Å². The topological polar surface area (TPSA) is 49.5 Å². The number of likely N-dealkylation sites (tertiary alicyclic amines) is 1. The zero-order chi connectivity index (χ0) is 24.4. The number of aliphatic hydroxyl groups excluding tert-OH is 1. The Morgan fingerprint density at radius 2 is 1.89 bits per heavy atom. The molecule has 0 bridgehead atoms. The van der Waals surface area contributed by atoms with Gasteiger partial charge < -0.3 is 14.6 Å². The molecule has 0 amide bonds. The molecule has 0 saturated carbocycles. The second-order valence-corrected chi connectivity index (χ2v) is 10.8. The summed E-state index contributed by atoms with van der Waals surface area (Å²) in [6, 6.07) is 15.9. The molecule has 0 unspecified atom stereocenters. The lowest BCUT2D eigenvalue weighted by Crippen LogP contribution is -2.60. The van der Waals surface area contributed by atoms with E-state index in [1.54, 1.807) is 0 Å². The van der Waals surface area contributed by atoms with Crippen molar-refractivity contribution in [3.63, 3.8) is 0 Å². The Balaban J connectivity index is 1.20. The largest absolute Gasteiger partial charge is 0.395 e. The van der Waals surface area contributed by atoms with E-state index >= 15 is 0 Å². The minimum atomic E-state index is -0.224. The molecule has 5 heterocycles. The summed E-state index contributed by atoms with van der Waals surface area (Å²) in [6.07, 6.45) is 7.24. The summed E-state index contributed by atoms with van der Waals surface area (Å²) in [6.45, 7) is 7.38. The van der Waals surface area contributed by atoms with Gasteiger partial charge in [0.15, 0.2) is 5.82 Å². The predicted molar refractivity (Wildman–Crippen MR) is 139 cm³/mol. The molecule has 36 heavy (non-hydrogen) atoms. The van der Waals surface area contributed by atoms with Crippen LogP contribution >= 0.6 is 0 Å². The minimum Gasteiger partial charge on any atom is -0.395 e. The second kappa shape index (κ2) is 8.05. The Labute approximate surface area is 210 Å². The zero-order valence-corrected chi connectivity index (χ0v) is 20.4. The van der Waals surface area contributed by atoms with Gasteiger partial charge in [-0.3, -0.25) is 9.47 Å². The summed E-state index contributed by atoms with van der Waals surface area (Å²) in [5, 5.41) is 9.49. The van der Waals surface area contributed by atoms with Gasteiger partial charge in [-0.1, -0.05) is 12.1 Å². The van der Waals surface area contributed by atoms with Gasteiger partial charge in [-0.2, -0.15) is 0 Å². The van der Waals surface area contributed by atoms with Crippen molar-refractivity contribution in [1.82, 2.24) is 19.0 Å². The third-order valence-electron chi connectivity index (χ3n) is 8.38. The molecule has 1 N–H and O–H groups in total. The third-order valence-corrected chi connectivity index (χ3v) is 8.38. The number of aromatic nitrogens is 3. The van der Waals surface area contributed by atoms with Crippen molar-refractivity contribution in [3.8, 4) is 28.3 Å². The number of anilines is 1. The number of fused-ring (bicyclic) bond motifs is 5. The Hall–Kier alpha value is -3.42. The summed E-state index contributed by atoms with van der Waals surface area (Å²) >= 11 is 0.